The number of amides is 1. The van der Waals surface area contributed by atoms with E-state index in [1.54, 1.807) is 6.20 Å². The van der Waals surface area contributed by atoms with E-state index >= 15 is 0 Å². The summed E-state index contributed by atoms with van der Waals surface area (Å²) in [6.45, 7) is 2.29. The highest BCUT2D eigenvalue weighted by Gasteiger charge is 2.17. The third kappa shape index (κ3) is 3.70. The average molecular weight is 397 g/mol. The molecule has 0 saturated heterocycles. The molecule has 148 valence electrons. The number of carbonyl (C=O) groups excluding carboxylic acids is 1. The lowest BCUT2D eigenvalue weighted by Gasteiger charge is -2.10. The number of benzene rings is 2. The average Bonchev–Trinajstić information content (AvgIpc) is 3.41. The molecule has 8 heteroatoms. The molecule has 3 N–H and O–H groups in total. The summed E-state index contributed by atoms with van der Waals surface area (Å²) in [5.41, 5.74) is 9.27. The number of anilines is 1. The Kier molecular flexibility index (Phi) is 5.11. The van der Waals surface area contributed by atoms with E-state index in [4.69, 9.17) is 5.73 Å². The number of nitrogens with zero attached hydrogens (tertiary/aromatic N) is 5. The third-order valence-electron chi connectivity index (χ3n) is 4.68. The molecule has 1 amide bonds. The molecule has 0 spiro atoms. The fourth-order valence-electron chi connectivity index (χ4n) is 3.16. The van der Waals surface area contributed by atoms with E-state index < -0.39 is 0 Å². The molecule has 0 atom stereocenters. The number of hydrogen-bond donors (Lipinski definition) is 2. The molecule has 0 fully saturated rings. The van der Waals surface area contributed by atoms with Crippen LogP contribution in [0.25, 0.3) is 11.4 Å². The minimum atomic E-state index is -0.367. The number of hydrogen-bond acceptors (Lipinski definition) is 5. The summed E-state index contributed by atoms with van der Waals surface area (Å²) >= 11 is 0. The van der Waals surface area contributed by atoms with Gasteiger partial charge in [0.25, 0.3) is 5.91 Å². The molecule has 2 aromatic carbocycles. The Balaban J connectivity index is 1.61. The van der Waals surface area contributed by atoms with Gasteiger partial charge in [0.1, 0.15) is 17.6 Å². The molecule has 0 bridgehead atoms. The summed E-state index contributed by atoms with van der Waals surface area (Å²) in [5, 5.41) is 16.4. The summed E-state index contributed by atoms with van der Waals surface area (Å²) < 4.78 is 3.40. The predicted molar refractivity (Wildman–Crippen MR) is 112 cm³/mol. The fourth-order valence-corrected chi connectivity index (χ4v) is 3.16. The molecule has 2 heterocycles. The van der Waals surface area contributed by atoms with E-state index in [9.17, 15) is 10.1 Å². The minimum absolute atomic E-state index is 0.157. The van der Waals surface area contributed by atoms with Crippen LogP contribution >= 0.6 is 0 Å². The Labute approximate surface area is 173 Å². The highest BCUT2D eigenvalue weighted by molar-refractivity contribution is 6.03. The van der Waals surface area contributed by atoms with Crippen molar-refractivity contribution in [3.8, 4) is 17.4 Å². The van der Waals surface area contributed by atoms with Crippen molar-refractivity contribution in [1.82, 2.24) is 19.3 Å². The first-order valence-electron chi connectivity index (χ1n) is 9.30. The third-order valence-corrected chi connectivity index (χ3v) is 4.68. The van der Waals surface area contributed by atoms with Crippen molar-refractivity contribution < 1.29 is 4.79 Å². The summed E-state index contributed by atoms with van der Waals surface area (Å²) in [6, 6.07) is 18.3. The van der Waals surface area contributed by atoms with Crippen LogP contribution in [-0.2, 0) is 6.54 Å². The van der Waals surface area contributed by atoms with E-state index in [1.807, 2.05) is 72.3 Å². The van der Waals surface area contributed by atoms with Crippen LogP contribution in [0.3, 0.4) is 0 Å². The first-order valence-corrected chi connectivity index (χ1v) is 9.30. The van der Waals surface area contributed by atoms with Gasteiger partial charge in [-0.2, -0.15) is 10.4 Å². The van der Waals surface area contributed by atoms with E-state index in [0.29, 0.717) is 17.9 Å². The monoisotopic (exact) mass is 397 g/mol. The van der Waals surface area contributed by atoms with Crippen molar-refractivity contribution >= 4 is 11.6 Å². The van der Waals surface area contributed by atoms with Gasteiger partial charge < -0.3 is 15.6 Å². The Morgan fingerprint density at radius 1 is 1.17 bits per heavy atom. The van der Waals surface area contributed by atoms with Crippen LogP contribution in [0.2, 0.25) is 0 Å². The van der Waals surface area contributed by atoms with Gasteiger partial charge in [-0.3, -0.25) is 4.79 Å². The minimum Gasteiger partial charge on any atom is -0.326 e. The number of rotatable bonds is 5. The van der Waals surface area contributed by atoms with Crippen LogP contribution in [0, 0.1) is 18.3 Å². The van der Waals surface area contributed by atoms with Crippen molar-refractivity contribution in [3.05, 3.63) is 89.8 Å². The van der Waals surface area contributed by atoms with Crippen LogP contribution in [0.5, 0.6) is 0 Å². The molecule has 0 radical (unpaired) electrons. The summed E-state index contributed by atoms with van der Waals surface area (Å²) in [4.78, 5) is 17.2. The van der Waals surface area contributed by atoms with Crippen LogP contribution < -0.4 is 11.1 Å². The van der Waals surface area contributed by atoms with Crippen LogP contribution in [0.4, 0.5) is 5.69 Å². The Hall–Kier alpha value is -4.22. The number of nitrogens with two attached hydrogens (primary N) is 1. The maximum absolute atomic E-state index is 12.9. The van der Waals surface area contributed by atoms with Gasteiger partial charge in [0.05, 0.1) is 5.69 Å². The first kappa shape index (κ1) is 19.1. The SMILES string of the molecule is Cc1nccn1-c1ccc(NC(=O)c2cc(C#N)nn2-c2cccc(CN)c2)cc1. The number of aryl methyl sites for hydroxylation is 1. The summed E-state index contributed by atoms with van der Waals surface area (Å²) in [7, 11) is 0. The van der Waals surface area contributed by atoms with Gasteiger partial charge in [-0.15, -0.1) is 0 Å². The van der Waals surface area contributed by atoms with Crippen molar-refractivity contribution in [3.63, 3.8) is 0 Å². The zero-order valence-electron chi connectivity index (χ0n) is 16.3. The Morgan fingerprint density at radius 2 is 1.97 bits per heavy atom. The molecule has 4 rings (SSSR count). The van der Waals surface area contributed by atoms with Crippen LogP contribution in [0.15, 0.2) is 67.0 Å². The molecule has 0 aliphatic rings. The maximum Gasteiger partial charge on any atom is 0.274 e. The second-order valence-electron chi connectivity index (χ2n) is 6.66. The van der Waals surface area contributed by atoms with Crippen molar-refractivity contribution in [1.29, 1.82) is 5.26 Å². The molecular weight excluding hydrogens is 378 g/mol. The quantitative estimate of drug-likeness (QED) is 0.537. The lowest BCUT2D eigenvalue weighted by molar-refractivity contribution is 0.101. The number of carbonyl (C=O) groups is 1. The number of nitriles is 1. The Bertz CT molecular complexity index is 1250. The largest absolute Gasteiger partial charge is 0.326 e. The van der Waals surface area contributed by atoms with Gasteiger partial charge in [-0.05, 0) is 48.9 Å². The zero-order valence-corrected chi connectivity index (χ0v) is 16.3. The molecule has 4 aromatic rings. The van der Waals surface area contributed by atoms with Crippen LogP contribution in [-0.4, -0.2) is 25.2 Å². The van der Waals surface area contributed by atoms with Gasteiger partial charge in [0.2, 0.25) is 0 Å². The maximum atomic E-state index is 12.9. The topological polar surface area (TPSA) is 115 Å². The highest BCUT2D eigenvalue weighted by atomic mass is 16.2. The smallest absolute Gasteiger partial charge is 0.274 e. The Morgan fingerprint density at radius 3 is 2.63 bits per heavy atom. The lowest BCUT2D eigenvalue weighted by Crippen LogP contribution is -2.17. The van der Waals surface area contributed by atoms with Gasteiger partial charge in [-0.1, -0.05) is 12.1 Å². The van der Waals surface area contributed by atoms with Crippen LogP contribution in [0.1, 0.15) is 27.6 Å². The van der Waals surface area contributed by atoms with Gasteiger partial charge >= 0.3 is 0 Å². The fraction of sp³-hybridized carbons (Fsp3) is 0.0909. The molecule has 0 saturated carbocycles. The molecule has 8 nitrogen and oxygen atoms in total. The number of imidazole rings is 1. The van der Waals surface area contributed by atoms with E-state index in [0.717, 1.165) is 17.1 Å². The van der Waals surface area contributed by atoms with Crippen molar-refractivity contribution in [2.24, 2.45) is 5.73 Å². The predicted octanol–water partition coefficient (Wildman–Crippen LogP) is 2.95. The van der Waals surface area contributed by atoms with Crippen molar-refractivity contribution in [2.45, 2.75) is 13.5 Å². The second-order valence-corrected chi connectivity index (χ2v) is 6.66. The lowest BCUT2D eigenvalue weighted by atomic mass is 10.2. The molecule has 2 aromatic heterocycles. The molecular formula is C22H19N7O. The highest BCUT2D eigenvalue weighted by Crippen LogP contribution is 2.18. The van der Waals surface area contributed by atoms with Gasteiger partial charge in [0.15, 0.2) is 5.69 Å². The van der Waals surface area contributed by atoms with E-state index in [1.165, 1.54) is 10.7 Å². The number of nitrogens with one attached hydrogen (secondary N) is 1. The second kappa shape index (κ2) is 8.03. The molecule has 0 aliphatic heterocycles. The summed E-state index contributed by atoms with van der Waals surface area (Å²) in [6.07, 6.45) is 3.61. The standard InChI is InChI=1S/C22H19N7O/c1-15-25-9-10-28(15)19-7-5-17(6-8-19)26-22(30)21-12-18(14-24)27-29(21)20-4-2-3-16(11-20)13-23/h2-12H,13,23H2,1H3,(H,26,30). The first-order chi connectivity index (χ1) is 14.6. The molecule has 0 aliphatic carbocycles. The molecule has 0 unspecified atom stereocenters. The normalized spacial score (nSPS) is 10.6. The van der Waals surface area contributed by atoms with E-state index in [-0.39, 0.29) is 17.3 Å². The van der Waals surface area contributed by atoms with Gasteiger partial charge in [0, 0.05) is 36.4 Å². The van der Waals surface area contributed by atoms with E-state index in [2.05, 4.69) is 15.4 Å². The van der Waals surface area contributed by atoms with Crippen molar-refractivity contribution in [2.75, 3.05) is 5.32 Å². The zero-order chi connectivity index (χ0) is 21.1. The summed E-state index contributed by atoms with van der Waals surface area (Å²) in [5.74, 6) is 0.508. The number of aromatic nitrogens is 4. The molecule has 30 heavy (non-hydrogen) atoms. The van der Waals surface area contributed by atoms with Gasteiger partial charge in [-0.25, -0.2) is 9.67 Å².